The van der Waals surface area contributed by atoms with Crippen LogP contribution in [0.4, 0.5) is 0 Å². The summed E-state index contributed by atoms with van der Waals surface area (Å²) in [5.41, 5.74) is 3.52. The van der Waals surface area contributed by atoms with Gasteiger partial charge in [0.2, 0.25) is 0 Å². The van der Waals surface area contributed by atoms with Crippen molar-refractivity contribution in [1.29, 1.82) is 0 Å². The first kappa shape index (κ1) is 45.6. The Balaban J connectivity index is 0. The van der Waals surface area contributed by atoms with Crippen molar-refractivity contribution in [3.63, 3.8) is 0 Å². The van der Waals surface area contributed by atoms with Gasteiger partial charge in [-0.1, -0.05) is 115 Å². The van der Waals surface area contributed by atoms with Crippen LogP contribution in [0.25, 0.3) is 0 Å². The Labute approximate surface area is 334 Å². The molecule has 0 saturated heterocycles. The maximum Gasteiger partial charge on any atom is 1.00 e. The molecule has 0 amide bonds. The minimum atomic E-state index is -0.543. The van der Waals surface area contributed by atoms with Gasteiger partial charge in [0, 0.05) is 69.8 Å². The first-order valence-electron chi connectivity index (χ1n) is 13.3. The molecular formula is C33H35BBr2Cl4N2NaO3. The molecule has 3 radical (unpaired) electrons. The molecule has 5 nitrogen and oxygen atoms in total. The van der Waals surface area contributed by atoms with Crippen LogP contribution in [0.15, 0.2) is 93.9 Å². The van der Waals surface area contributed by atoms with E-state index in [0.717, 1.165) is 32.7 Å². The van der Waals surface area contributed by atoms with Crippen LogP contribution in [0, 0.1) is 0 Å². The molecule has 1 unspecified atom stereocenters. The fraction of sp³-hybridized carbons (Fsp3) is 0.242. The second-order valence-corrected chi connectivity index (χ2v) is 13.4. The average Bonchev–Trinajstić information content (AvgIpc) is 2.97. The fourth-order valence-corrected chi connectivity index (χ4v) is 5.87. The maximum atomic E-state index is 12.2. The Morgan fingerprint density at radius 1 is 0.761 bits per heavy atom. The molecule has 1 atom stereocenters. The Hall–Kier alpha value is -0.425. The number of Topliss-reactive ketones (excluding diaryl/α,β-unsaturated/α-hetero) is 1. The van der Waals surface area contributed by atoms with E-state index < -0.39 is 6.10 Å². The SMILES string of the molecule is CN(CC(=O)c1cccc(Br)c1)Cc1ccc(Cl)cc1Cl.CN(Cc1ccc(Cl)cc1Cl)CC(O)c1cccc(Br)c1.CO.[B].[H-].[Na+]. The first-order valence-corrected chi connectivity index (χ1v) is 16.4. The number of ketones is 1. The molecule has 0 aromatic heterocycles. The van der Waals surface area contributed by atoms with Crippen molar-refractivity contribution >= 4 is 92.5 Å². The van der Waals surface area contributed by atoms with Crippen LogP contribution >= 0.6 is 78.3 Å². The smallest absolute Gasteiger partial charge is 1.00 e. The summed E-state index contributed by atoms with van der Waals surface area (Å²) in [6.45, 7) is 2.10. The minimum absolute atomic E-state index is 0. The maximum absolute atomic E-state index is 12.2. The summed E-state index contributed by atoms with van der Waals surface area (Å²) in [7, 11) is 4.84. The van der Waals surface area contributed by atoms with E-state index in [1.54, 1.807) is 18.2 Å². The van der Waals surface area contributed by atoms with Gasteiger partial charge in [0.1, 0.15) is 0 Å². The number of aliphatic hydroxyl groups excluding tert-OH is 2. The van der Waals surface area contributed by atoms with Gasteiger partial charge < -0.3 is 11.6 Å². The summed E-state index contributed by atoms with van der Waals surface area (Å²) >= 11 is 30.9. The summed E-state index contributed by atoms with van der Waals surface area (Å²) in [5.74, 6) is 0.0730. The number of hydrogen-bond donors (Lipinski definition) is 2. The Morgan fingerprint density at radius 3 is 1.72 bits per heavy atom. The summed E-state index contributed by atoms with van der Waals surface area (Å²) < 4.78 is 1.86. The van der Waals surface area contributed by atoms with E-state index in [4.69, 9.17) is 51.5 Å². The van der Waals surface area contributed by atoms with E-state index in [1.807, 2.05) is 90.6 Å². The zero-order valence-electron chi connectivity index (χ0n) is 27.0. The molecule has 0 bridgehead atoms. The molecule has 4 aromatic carbocycles. The van der Waals surface area contributed by atoms with Crippen molar-refractivity contribution in [3.8, 4) is 0 Å². The monoisotopic (exact) mass is 839 g/mol. The molecule has 0 fully saturated rings. The summed E-state index contributed by atoms with van der Waals surface area (Å²) in [6.07, 6.45) is -0.543. The Kier molecular flexibility index (Phi) is 23.6. The molecule has 4 aromatic rings. The van der Waals surface area contributed by atoms with Gasteiger partial charge in [-0.3, -0.25) is 14.6 Å². The second kappa shape index (κ2) is 23.8. The molecule has 46 heavy (non-hydrogen) atoms. The molecule has 0 aliphatic rings. The van der Waals surface area contributed by atoms with Crippen LogP contribution in [-0.4, -0.2) is 68.5 Å². The van der Waals surface area contributed by atoms with Gasteiger partial charge in [-0.25, -0.2) is 0 Å². The fourth-order valence-electron chi connectivity index (χ4n) is 4.11. The van der Waals surface area contributed by atoms with E-state index >= 15 is 0 Å². The van der Waals surface area contributed by atoms with Gasteiger partial charge >= 0.3 is 29.6 Å². The zero-order chi connectivity index (χ0) is 32.8. The van der Waals surface area contributed by atoms with Crippen LogP contribution in [0.2, 0.25) is 20.1 Å². The number of benzene rings is 4. The number of carbonyl (C=O) groups is 1. The van der Waals surface area contributed by atoms with Crippen LogP contribution in [0.5, 0.6) is 0 Å². The van der Waals surface area contributed by atoms with E-state index in [2.05, 4.69) is 31.9 Å². The van der Waals surface area contributed by atoms with Gasteiger partial charge in [-0.2, -0.15) is 0 Å². The number of hydrogen-bond acceptors (Lipinski definition) is 5. The molecule has 0 saturated carbocycles. The molecular weight excluding hydrogens is 808 g/mol. The molecule has 0 heterocycles. The first-order chi connectivity index (χ1) is 20.9. The van der Waals surface area contributed by atoms with Gasteiger partial charge in [0.05, 0.1) is 12.6 Å². The molecule has 13 heteroatoms. The molecule has 4 rings (SSSR count). The van der Waals surface area contributed by atoms with E-state index in [9.17, 15) is 9.90 Å². The van der Waals surface area contributed by atoms with Crippen molar-refractivity contribution in [2.24, 2.45) is 0 Å². The van der Waals surface area contributed by atoms with Crippen LogP contribution < -0.4 is 29.6 Å². The zero-order valence-corrected chi connectivity index (χ0v) is 34.2. The van der Waals surface area contributed by atoms with Crippen molar-refractivity contribution in [1.82, 2.24) is 9.80 Å². The molecule has 0 aliphatic heterocycles. The minimum Gasteiger partial charge on any atom is -1.00 e. The summed E-state index contributed by atoms with van der Waals surface area (Å²) in [4.78, 5) is 16.2. The number of nitrogens with zero attached hydrogens (tertiary/aromatic N) is 2. The average molecular weight is 843 g/mol. The van der Waals surface area contributed by atoms with E-state index in [1.165, 1.54) is 0 Å². The number of rotatable bonds is 10. The topological polar surface area (TPSA) is 64.0 Å². The molecule has 241 valence electrons. The molecule has 0 spiro atoms. The standard InChI is InChI=1S/C16H16BrCl2NO.C16H14BrCl2NO.CH4O.B.Na.H/c2*1-20(9-12-5-6-14(18)8-15(12)19)10-16(21)11-3-2-4-13(17)7-11;1-2;;;/h2-8,16,21H,9-10H2,1H3;2-8H,9-10H2,1H3;2H,1H3;;;/q;;;;+1;-1. The van der Waals surface area contributed by atoms with Gasteiger partial charge in [-0.05, 0) is 79.3 Å². The van der Waals surface area contributed by atoms with Crippen molar-refractivity contribution in [2.45, 2.75) is 19.2 Å². The quantitative estimate of drug-likeness (QED) is 0.144. The van der Waals surface area contributed by atoms with Gasteiger partial charge in [0.15, 0.2) is 5.78 Å². The third-order valence-corrected chi connectivity index (χ3v) is 8.35. The van der Waals surface area contributed by atoms with Gasteiger partial charge in [0.25, 0.3) is 0 Å². The van der Waals surface area contributed by atoms with Crippen molar-refractivity contribution in [3.05, 3.63) is 136 Å². The molecule has 0 aliphatic carbocycles. The number of carbonyl (C=O) groups excluding carboxylic acids is 1. The predicted octanol–water partition coefficient (Wildman–Crippen LogP) is 6.34. The van der Waals surface area contributed by atoms with Crippen molar-refractivity contribution < 1.29 is 46.0 Å². The summed E-state index contributed by atoms with van der Waals surface area (Å²) in [6, 6.07) is 25.9. The third kappa shape index (κ3) is 16.3. The van der Waals surface area contributed by atoms with Crippen LogP contribution in [-0.2, 0) is 13.1 Å². The Bertz CT molecular complexity index is 1530. The van der Waals surface area contributed by atoms with Crippen LogP contribution in [0.1, 0.15) is 34.6 Å². The summed E-state index contributed by atoms with van der Waals surface area (Å²) in [5, 5.41) is 19.8. The van der Waals surface area contributed by atoms with Crippen LogP contribution in [0.3, 0.4) is 0 Å². The predicted molar refractivity (Wildman–Crippen MR) is 198 cm³/mol. The third-order valence-electron chi connectivity index (χ3n) is 6.19. The largest absolute Gasteiger partial charge is 1.00 e. The normalized spacial score (nSPS) is 10.9. The van der Waals surface area contributed by atoms with E-state index in [0.29, 0.717) is 51.8 Å². The second-order valence-electron chi connectivity index (χ2n) is 9.84. The Morgan fingerprint density at radius 2 is 1.24 bits per heavy atom. The van der Waals surface area contributed by atoms with Gasteiger partial charge in [-0.15, -0.1) is 0 Å². The molecule has 2 N–H and O–H groups in total. The van der Waals surface area contributed by atoms with E-state index in [-0.39, 0.29) is 45.2 Å². The number of aliphatic hydroxyl groups is 2. The number of halogens is 6. The van der Waals surface area contributed by atoms with Crippen molar-refractivity contribution in [2.75, 3.05) is 34.3 Å². The number of likely N-dealkylation sites (N-methyl/N-ethyl adjacent to an activating group) is 2.